The Morgan fingerprint density at radius 3 is 2.72 bits per heavy atom. The standard InChI is InChI=1S/C15H17NOS/c16-15(10-5-7-11(17)8-6-10)13-9-18-14-4-2-1-3-12(13)14/h1-4,9-10,15H,5-8,16H2. The van der Waals surface area contributed by atoms with Gasteiger partial charge in [0.1, 0.15) is 5.78 Å². The van der Waals surface area contributed by atoms with Crippen LogP contribution in [-0.4, -0.2) is 5.78 Å². The lowest BCUT2D eigenvalue weighted by atomic mass is 9.81. The van der Waals surface area contributed by atoms with Crippen molar-refractivity contribution in [2.45, 2.75) is 31.7 Å². The summed E-state index contributed by atoms with van der Waals surface area (Å²) in [5, 5.41) is 3.47. The van der Waals surface area contributed by atoms with Crippen molar-refractivity contribution in [1.82, 2.24) is 0 Å². The molecule has 0 spiro atoms. The fourth-order valence-corrected chi connectivity index (χ4v) is 3.84. The normalized spacial score (nSPS) is 19.3. The molecule has 0 radical (unpaired) electrons. The smallest absolute Gasteiger partial charge is 0.132 e. The number of carbonyl (C=O) groups excluding carboxylic acids is 1. The Hall–Kier alpha value is -1.19. The van der Waals surface area contributed by atoms with Crippen LogP contribution in [0.5, 0.6) is 0 Å². The first-order valence-electron chi connectivity index (χ1n) is 6.49. The molecule has 0 bridgehead atoms. The summed E-state index contributed by atoms with van der Waals surface area (Å²) in [6, 6.07) is 8.49. The van der Waals surface area contributed by atoms with Gasteiger partial charge < -0.3 is 5.73 Å². The number of ketones is 1. The van der Waals surface area contributed by atoms with Gasteiger partial charge in [-0.2, -0.15) is 0 Å². The second-order valence-electron chi connectivity index (χ2n) is 5.09. The van der Waals surface area contributed by atoms with Gasteiger partial charge in [0.2, 0.25) is 0 Å². The molecule has 1 aliphatic rings. The molecule has 0 aliphatic heterocycles. The van der Waals surface area contributed by atoms with Crippen molar-refractivity contribution in [3.63, 3.8) is 0 Å². The van der Waals surface area contributed by atoms with Gasteiger partial charge >= 0.3 is 0 Å². The molecule has 3 rings (SSSR count). The number of Topliss-reactive ketones (excluding diaryl/α,β-unsaturated/α-hetero) is 1. The summed E-state index contributed by atoms with van der Waals surface area (Å²) < 4.78 is 1.30. The van der Waals surface area contributed by atoms with E-state index in [0.717, 1.165) is 12.8 Å². The van der Waals surface area contributed by atoms with Gasteiger partial charge in [-0.1, -0.05) is 18.2 Å². The highest BCUT2D eigenvalue weighted by molar-refractivity contribution is 7.17. The topological polar surface area (TPSA) is 43.1 Å². The van der Waals surface area contributed by atoms with E-state index in [1.54, 1.807) is 11.3 Å². The van der Waals surface area contributed by atoms with Crippen LogP contribution < -0.4 is 5.73 Å². The van der Waals surface area contributed by atoms with Crippen LogP contribution in [0.2, 0.25) is 0 Å². The first-order valence-corrected chi connectivity index (χ1v) is 7.37. The first-order chi connectivity index (χ1) is 8.75. The number of rotatable bonds is 2. The molecule has 1 unspecified atom stereocenters. The Kier molecular flexibility index (Phi) is 3.18. The first kappa shape index (κ1) is 11.9. The molecule has 1 fully saturated rings. The van der Waals surface area contributed by atoms with Crippen LogP contribution in [0.15, 0.2) is 29.6 Å². The van der Waals surface area contributed by atoms with Gasteiger partial charge in [0.15, 0.2) is 0 Å². The Bertz CT molecular complexity index is 565. The average Bonchev–Trinajstić information content (AvgIpc) is 2.82. The van der Waals surface area contributed by atoms with Gasteiger partial charge in [0.25, 0.3) is 0 Å². The number of nitrogens with two attached hydrogens (primary N) is 1. The lowest BCUT2D eigenvalue weighted by Gasteiger charge is -2.26. The van der Waals surface area contributed by atoms with Gasteiger partial charge in [0, 0.05) is 23.6 Å². The molecule has 2 aromatic rings. The third-order valence-electron chi connectivity index (χ3n) is 3.97. The molecule has 2 N–H and O–H groups in total. The summed E-state index contributed by atoms with van der Waals surface area (Å²) in [6.07, 6.45) is 3.31. The molecule has 18 heavy (non-hydrogen) atoms. The summed E-state index contributed by atoms with van der Waals surface area (Å²) in [4.78, 5) is 11.3. The fraction of sp³-hybridized carbons (Fsp3) is 0.400. The molecule has 0 saturated heterocycles. The van der Waals surface area contributed by atoms with E-state index in [2.05, 4.69) is 29.6 Å². The molecule has 1 aromatic carbocycles. The zero-order chi connectivity index (χ0) is 12.5. The second-order valence-corrected chi connectivity index (χ2v) is 6.00. The zero-order valence-corrected chi connectivity index (χ0v) is 11.1. The largest absolute Gasteiger partial charge is 0.324 e. The summed E-state index contributed by atoms with van der Waals surface area (Å²) in [6.45, 7) is 0. The Balaban J connectivity index is 1.87. The molecule has 1 saturated carbocycles. The van der Waals surface area contributed by atoms with Crippen molar-refractivity contribution in [2.24, 2.45) is 11.7 Å². The summed E-state index contributed by atoms with van der Waals surface area (Å²) in [5.41, 5.74) is 7.68. The summed E-state index contributed by atoms with van der Waals surface area (Å²) in [5.74, 6) is 0.856. The molecular weight excluding hydrogens is 242 g/mol. The van der Waals surface area contributed by atoms with Gasteiger partial charge in [-0.15, -0.1) is 11.3 Å². The monoisotopic (exact) mass is 259 g/mol. The maximum absolute atomic E-state index is 11.3. The van der Waals surface area contributed by atoms with Crippen LogP contribution in [0, 0.1) is 5.92 Å². The molecule has 2 nitrogen and oxygen atoms in total. The maximum atomic E-state index is 11.3. The number of fused-ring (bicyclic) bond motifs is 1. The van der Waals surface area contributed by atoms with E-state index >= 15 is 0 Å². The van der Waals surface area contributed by atoms with E-state index in [1.165, 1.54) is 15.6 Å². The van der Waals surface area contributed by atoms with E-state index in [9.17, 15) is 4.79 Å². The van der Waals surface area contributed by atoms with Crippen LogP contribution in [0.3, 0.4) is 0 Å². The maximum Gasteiger partial charge on any atom is 0.132 e. The van der Waals surface area contributed by atoms with Gasteiger partial charge in [-0.05, 0) is 41.2 Å². The van der Waals surface area contributed by atoms with Crippen molar-refractivity contribution < 1.29 is 4.79 Å². The van der Waals surface area contributed by atoms with Crippen molar-refractivity contribution in [3.8, 4) is 0 Å². The lowest BCUT2D eigenvalue weighted by Crippen LogP contribution is -2.25. The minimum absolute atomic E-state index is 0.0780. The molecule has 1 aromatic heterocycles. The molecule has 1 atom stereocenters. The molecule has 3 heteroatoms. The highest BCUT2D eigenvalue weighted by atomic mass is 32.1. The predicted molar refractivity (Wildman–Crippen MR) is 75.7 cm³/mol. The van der Waals surface area contributed by atoms with Crippen molar-refractivity contribution >= 4 is 27.2 Å². The molecule has 94 valence electrons. The third kappa shape index (κ3) is 2.08. The Morgan fingerprint density at radius 2 is 1.94 bits per heavy atom. The van der Waals surface area contributed by atoms with Crippen LogP contribution in [0.4, 0.5) is 0 Å². The van der Waals surface area contributed by atoms with E-state index in [1.807, 2.05) is 0 Å². The molecular formula is C15H17NOS. The second kappa shape index (κ2) is 4.82. The minimum Gasteiger partial charge on any atom is -0.324 e. The quantitative estimate of drug-likeness (QED) is 0.894. The summed E-state index contributed by atoms with van der Waals surface area (Å²) >= 11 is 1.76. The number of benzene rings is 1. The van der Waals surface area contributed by atoms with Crippen LogP contribution in [0.25, 0.3) is 10.1 Å². The molecule has 1 heterocycles. The van der Waals surface area contributed by atoms with Gasteiger partial charge in [0.05, 0.1) is 0 Å². The lowest BCUT2D eigenvalue weighted by molar-refractivity contribution is -0.121. The SMILES string of the molecule is NC(c1csc2ccccc12)C1CCC(=O)CC1. The van der Waals surface area contributed by atoms with E-state index in [-0.39, 0.29) is 6.04 Å². The fourth-order valence-electron chi connectivity index (χ4n) is 2.83. The predicted octanol–water partition coefficient (Wildman–Crippen LogP) is 3.66. The van der Waals surface area contributed by atoms with Crippen molar-refractivity contribution in [2.75, 3.05) is 0 Å². The third-order valence-corrected chi connectivity index (χ3v) is 4.95. The van der Waals surface area contributed by atoms with Crippen molar-refractivity contribution in [3.05, 3.63) is 35.2 Å². The van der Waals surface area contributed by atoms with Crippen LogP contribution in [-0.2, 0) is 4.79 Å². The van der Waals surface area contributed by atoms with Crippen LogP contribution >= 0.6 is 11.3 Å². The number of carbonyl (C=O) groups is 1. The average molecular weight is 259 g/mol. The van der Waals surface area contributed by atoms with Gasteiger partial charge in [-0.25, -0.2) is 0 Å². The Labute approximate surface area is 111 Å². The number of hydrogen-bond donors (Lipinski definition) is 1. The zero-order valence-electron chi connectivity index (χ0n) is 10.3. The highest BCUT2D eigenvalue weighted by Crippen LogP contribution is 2.37. The number of thiophene rings is 1. The number of hydrogen-bond acceptors (Lipinski definition) is 3. The van der Waals surface area contributed by atoms with Gasteiger partial charge in [-0.3, -0.25) is 4.79 Å². The minimum atomic E-state index is 0.0780. The molecule has 1 aliphatic carbocycles. The highest BCUT2D eigenvalue weighted by Gasteiger charge is 2.26. The Morgan fingerprint density at radius 1 is 1.22 bits per heavy atom. The molecule has 0 amide bonds. The van der Waals surface area contributed by atoms with Crippen LogP contribution in [0.1, 0.15) is 37.3 Å². The summed E-state index contributed by atoms with van der Waals surface area (Å²) in [7, 11) is 0. The van der Waals surface area contributed by atoms with E-state index in [4.69, 9.17) is 5.73 Å². The van der Waals surface area contributed by atoms with E-state index < -0.39 is 0 Å². The van der Waals surface area contributed by atoms with Crippen molar-refractivity contribution in [1.29, 1.82) is 0 Å². The van der Waals surface area contributed by atoms with E-state index in [0.29, 0.717) is 24.5 Å².